The van der Waals surface area contributed by atoms with Gasteiger partial charge in [0.2, 0.25) is 0 Å². The first-order chi connectivity index (χ1) is 10.1. The third kappa shape index (κ3) is 4.60. The number of benzene rings is 2. The molecule has 1 unspecified atom stereocenters. The van der Waals surface area contributed by atoms with E-state index in [1.54, 1.807) is 12.1 Å². The molecule has 0 aliphatic carbocycles. The molecular formula is C16H16ClF2NO. The van der Waals surface area contributed by atoms with Gasteiger partial charge in [-0.1, -0.05) is 30.7 Å². The quantitative estimate of drug-likeness (QED) is 0.760. The molecule has 0 radical (unpaired) electrons. The summed E-state index contributed by atoms with van der Waals surface area (Å²) >= 11 is 6.00. The van der Waals surface area contributed by atoms with Gasteiger partial charge in [-0.05, 0) is 48.4 Å². The average molecular weight is 312 g/mol. The predicted octanol–water partition coefficient (Wildman–Crippen LogP) is 5.50. The monoisotopic (exact) mass is 311 g/mol. The van der Waals surface area contributed by atoms with Gasteiger partial charge in [-0.15, -0.1) is 0 Å². The van der Waals surface area contributed by atoms with Gasteiger partial charge in [0, 0.05) is 10.7 Å². The second-order valence-corrected chi connectivity index (χ2v) is 5.00. The Morgan fingerprint density at radius 3 is 2.43 bits per heavy atom. The van der Waals surface area contributed by atoms with Crippen LogP contribution in [-0.2, 0) is 0 Å². The van der Waals surface area contributed by atoms with E-state index in [0.717, 1.165) is 17.7 Å². The van der Waals surface area contributed by atoms with Crippen molar-refractivity contribution in [2.24, 2.45) is 0 Å². The third-order valence-corrected chi connectivity index (χ3v) is 3.31. The molecule has 0 spiro atoms. The second kappa shape index (κ2) is 7.27. The van der Waals surface area contributed by atoms with E-state index in [1.165, 1.54) is 12.1 Å². The van der Waals surface area contributed by atoms with Gasteiger partial charge in [0.25, 0.3) is 0 Å². The van der Waals surface area contributed by atoms with E-state index in [2.05, 4.69) is 17.0 Å². The van der Waals surface area contributed by atoms with E-state index in [1.807, 2.05) is 24.3 Å². The lowest BCUT2D eigenvalue weighted by Gasteiger charge is -2.19. The van der Waals surface area contributed by atoms with Crippen molar-refractivity contribution in [3.63, 3.8) is 0 Å². The van der Waals surface area contributed by atoms with Crippen LogP contribution >= 0.6 is 11.6 Å². The molecule has 0 amide bonds. The Kier molecular flexibility index (Phi) is 5.39. The molecule has 2 aromatic carbocycles. The minimum atomic E-state index is -2.81. The highest BCUT2D eigenvalue weighted by Gasteiger charge is 2.10. The largest absolute Gasteiger partial charge is 0.435 e. The predicted molar refractivity (Wildman–Crippen MR) is 81.2 cm³/mol. The molecule has 2 rings (SSSR count). The number of rotatable bonds is 6. The third-order valence-electron chi connectivity index (χ3n) is 3.08. The van der Waals surface area contributed by atoms with Gasteiger partial charge >= 0.3 is 6.61 Å². The Bertz CT molecular complexity index is 575. The Labute approximate surface area is 127 Å². The zero-order chi connectivity index (χ0) is 15.2. The van der Waals surface area contributed by atoms with E-state index in [0.29, 0.717) is 5.02 Å². The van der Waals surface area contributed by atoms with Crippen LogP contribution in [0.25, 0.3) is 0 Å². The van der Waals surface area contributed by atoms with Crippen LogP contribution in [0.15, 0.2) is 48.5 Å². The molecule has 2 aromatic rings. The number of hydrogen-bond acceptors (Lipinski definition) is 2. The maximum atomic E-state index is 12.1. The second-order valence-electron chi connectivity index (χ2n) is 4.56. The fraction of sp³-hybridized carbons (Fsp3) is 0.250. The minimum Gasteiger partial charge on any atom is -0.435 e. The summed E-state index contributed by atoms with van der Waals surface area (Å²) in [5, 5.41) is 4.04. The van der Waals surface area contributed by atoms with Gasteiger partial charge in [0.05, 0.1) is 6.04 Å². The lowest BCUT2D eigenvalue weighted by Crippen LogP contribution is -2.09. The van der Waals surface area contributed by atoms with Crippen molar-refractivity contribution in [1.82, 2.24) is 0 Å². The summed E-state index contributed by atoms with van der Waals surface area (Å²) in [6.07, 6.45) is 0.871. The Hall–Kier alpha value is -1.81. The summed E-state index contributed by atoms with van der Waals surface area (Å²) in [6, 6.07) is 14.2. The Balaban J connectivity index is 2.08. The van der Waals surface area contributed by atoms with E-state index in [9.17, 15) is 8.78 Å². The molecule has 0 aliphatic heterocycles. The molecule has 5 heteroatoms. The number of halogens is 3. The summed E-state index contributed by atoms with van der Waals surface area (Å²) < 4.78 is 28.5. The summed E-state index contributed by atoms with van der Waals surface area (Å²) in [6.45, 7) is -0.744. The van der Waals surface area contributed by atoms with Crippen molar-refractivity contribution < 1.29 is 13.5 Å². The summed E-state index contributed by atoms with van der Waals surface area (Å²) in [4.78, 5) is 0. The normalized spacial score (nSPS) is 12.2. The highest BCUT2D eigenvalue weighted by atomic mass is 35.5. The van der Waals surface area contributed by atoms with Gasteiger partial charge in [-0.2, -0.15) is 8.78 Å². The van der Waals surface area contributed by atoms with E-state index in [-0.39, 0.29) is 11.8 Å². The van der Waals surface area contributed by atoms with Crippen LogP contribution in [0.2, 0.25) is 5.02 Å². The average Bonchev–Trinajstić information content (AvgIpc) is 2.46. The number of alkyl halides is 2. The molecule has 0 fully saturated rings. The van der Waals surface area contributed by atoms with Crippen LogP contribution in [0.5, 0.6) is 5.75 Å². The van der Waals surface area contributed by atoms with Crippen LogP contribution in [0, 0.1) is 0 Å². The molecule has 1 atom stereocenters. The molecule has 0 aromatic heterocycles. The summed E-state index contributed by atoms with van der Waals surface area (Å²) in [5.41, 5.74) is 1.92. The van der Waals surface area contributed by atoms with Crippen molar-refractivity contribution >= 4 is 17.3 Å². The van der Waals surface area contributed by atoms with E-state index < -0.39 is 6.61 Å². The van der Waals surface area contributed by atoms with Crippen LogP contribution < -0.4 is 10.1 Å². The van der Waals surface area contributed by atoms with Gasteiger partial charge in [-0.3, -0.25) is 0 Å². The van der Waals surface area contributed by atoms with E-state index in [4.69, 9.17) is 11.6 Å². The summed E-state index contributed by atoms with van der Waals surface area (Å²) in [5.74, 6) is 0.145. The molecule has 0 bridgehead atoms. The maximum Gasteiger partial charge on any atom is 0.387 e. The maximum absolute atomic E-state index is 12.1. The van der Waals surface area contributed by atoms with Crippen molar-refractivity contribution in [2.75, 3.05) is 5.32 Å². The van der Waals surface area contributed by atoms with Gasteiger partial charge in [-0.25, -0.2) is 0 Å². The van der Waals surface area contributed by atoms with E-state index >= 15 is 0 Å². The molecule has 1 N–H and O–H groups in total. The fourth-order valence-corrected chi connectivity index (χ4v) is 2.28. The minimum absolute atomic E-state index is 0.102. The van der Waals surface area contributed by atoms with Crippen molar-refractivity contribution in [3.8, 4) is 5.75 Å². The standard InChI is InChI=1S/C16H16ClF2NO/c1-2-15(11-4-3-5-12(17)10-11)20-13-6-8-14(9-7-13)21-16(18)19/h3-10,15-16,20H,2H2,1H3. The lowest BCUT2D eigenvalue weighted by atomic mass is 10.0. The molecular weight excluding hydrogens is 296 g/mol. The topological polar surface area (TPSA) is 21.3 Å². The molecule has 112 valence electrons. The Morgan fingerprint density at radius 1 is 1.14 bits per heavy atom. The molecule has 0 saturated heterocycles. The SMILES string of the molecule is CCC(Nc1ccc(OC(F)F)cc1)c1cccc(Cl)c1. The molecule has 0 aliphatic rings. The zero-order valence-corrected chi connectivity index (χ0v) is 12.3. The molecule has 2 nitrogen and oxygen atoms in total. The van der Waals surface area contributed by atoms with Crippen LogP contribution in [-0.4, -0.2) is 6.61 Å². The lowest BCUT2D eigenvalue weighted by molar-refractivity contribution is -0.0498. The zero-order valence-electron chi connectivity index (χ0n) is 11.5. The summed E-state index contributed by atoms with van der Waals surface area (Å²) in [7, 11) is 0. The Morgan fingerprint density at radius 2 is 1.86 bits per heavy atom. The number of anilines is 1. The first kappa shape index (κ1) is 15.6. The smallest absolute Gasteiger partial charge is 0.387 e. The highest BCUT2D eigenvalue weighted by Crippen LogP contribution is 2.26. The number of hydrogen-bond donors (Lipinski definition) is 1. The van der Waals surface area contributed by atoms with Gasteiger partial charge < -0.3 is 10.1 Å². The van der Waals surface area contributed by atoms with Crippen LogP contribution in [0.1, 0.15) is 24.9 Å². The number of nitrogens with one attached hydrogen (secondary N) is 1. The van der Waals surface area contributed by atoms with Crippen molar-refractivity contribution in [3.05, 3.63) is 59.1 Å². The van der Waals surface area contributed by atoms with Crippen molar-refractivity contribution in [2.45, 2.75) is 26.0 Å². The molecule has 21 heavy (non-hydrogen) atoms. The molecule has 0 heterocycles. The van der Waals surface area contributed by atoms with Gasteiger partial charge in [0.15, 0.2) is 0 Å². The van der Waals surface area contributed by atoms with Crippen LogP contribution in [0.4, 0.5) is 14.5 Å². The first-order valence-corrected chi connectivity index (χ1v) is 7.03. The first-order valence-electron chi connectivity index (χ1n) is 6.65. The van der Waals surface area contributed by atoms with Crippen molar-refractivity contribution in [1.29, 1.82) is 0 Å². The number of ether oxygens (including phenoxy) is 1. The fourth-order valence-electron chi connectivity index (χ4n) is 2.08. The highest BCUT2D eigenvalue weighted by molar-refractivity contribution is 6.30. The van der Waals surface area contributed by atoms with Gasteiger partial charge in [0.1, 0.15) is 5.75 Å². The van der Waals surface area contributed by atoms with Crippen LogP contribution in [0.3, 0.4) is 0 Å². The molecule has 0 saturated carbocycles.